The lowest BCUT2D eigenvalue weighted by Gasteiger charge is -2.05. The van der Waals surface area contributed by atoms with Crippen LogP contribution in [0.3, 0.4) is 0 Å². The third-order valence-electron chi connectivity index (χ3n) is 1.19. The van der Waals surface area contributed by atoms with Crippen LogP contribution in [0.2, 0.25) is 0 Å². The van der Waals surface area contributed by atoms with E-state index in [0.29, 0.717) is 23.0 Å². The Kier molecular flexibility index (Phi) is 3.36. The zero-order valence-corrected chi connectivity index (χ0v) is 7.89. The van der Waals surface area contributed by atoms with Gasteiger partial charge in [0.2, 0.25) is 11.1 Å². The Labute approximate surface area is 75.1 Å². The fourth-order valence-corrected chi connectivity index (χ4v) is 1.57. The Hall–Kier alpha value is -0.750. The van der Waals surface area contributed by atoms with Crippen LogP contribution in [0.15, 0.2) is 5.16 Å². The number of thioether (sulfide) groups is 1. The van der Waals surface area contributed by atoms with Crippen LogP contribution in [0.25, 0.3) is 0 Å². The predicted molar refractivity (Wildman–Crippen MR) is 48.0 cm³/mol. The molecule has 0 saturated heterocycles. The van der Waals surface area contributed by atoms with Crippen molar-refractivity contribution in [2.24, 2.45) is 0 Å². The number of anilines is 1. The van der Waals surface area contributed by atoms with Gasteiger partial charge in [-0.25, -0.2) is 5.10 Å². The number of nitrogen functional groups attached to an aromatic ring is 1. The lowest BCUT2D eigenvalue weighted by molar-refractivity contribution is 0.203. The first kappa shape index (κ1) is 9.34. The molecule has 6 heteroatoms. The summed E-state index contributed by atoms with van der Waals surface area (Å²) < 4.78 is 4.96. The van der Waals surface area contributed by atoms with Crippen molar-refractivity contribution in [3.8, 4) is 0 Å². The lowest BCUT2D eigenvalue weighted by atomic mass is 10.5. The fraction of sp³-hybridized carbons (Fsp3) is 0.667. The van der Waals surface area contributed by atoms with E-state index in [9.17, 15) is 0 Å². The van der Waals surface area contributed by atoms with E-state index in [-0.39, 0.29) is 0 Å². The number of methoxy groups -OCH3 is 1. The zero-order valence-electron chi connectivity index (χ0n) is 7.07. The molecule has 12 heavy (non-hydrogen) atoms. The highest BCUT2D eigenvalue weighted by atomic mass is 32.2. The first-order valence-corrected chi connectivity index (χ1v) is 4.44. The highest BCUT2D eigenvalue weighted by molar-refractivity contribution is 7.99. The van der Waals surface area contributed by atoms with Crippen LogP contribution in [0, 0.1) is 0 Å². The Morgan fingerprint density at radius 2 is 2.50 bits per heavy atom. The Balaban J connectivity index is 2.41. The molecule has 68 valence electrons. The van der Waals surface area contributed by atoms with Crippen molar-refractivity contribution < 1.29 is 4.74 Å². The number of hydrogen-bond acceptors (Lipinski definition) is 5. The molecule has 1 atom stereocenters. The van der Waals surface area contributed by atoms with Gasteiger partial charge >= 0.3 is 0 Å². The molecule has 3 N–H and O–H groups in total. The third kappa shape index (κ3) is 2.71. The number of nitrogens with zero attached hydrogens (tertiary/aromatic N) is 2. The van der Waals surface area contributed by atoms with Crippen LogP contribution in [-0.4, -0.2) is 34.1 Å². The fourth-order valence-electron chi connectivity index (χ4n) is 0.760. The summed E-state index contributed by atoms with van der Waals surface area (Å²) >= 11 is 1.53. The second-order valence-corrected chi connectivity index (χ2v) is 3.79. The van der Waals surface area contributed by atoms with Gasteiger partial charge in [-0.15, -0.1) is 5.10 Å². The highest BCUT2D eigenvalue weighted by Gasteiger charge is 2.07. The molecule has 0 radical (unpaired) electrons. The van der Waals surface area contributed by atoms with E-state index in [1.807, 2.05) is 6.92 Å². The van der Waals surface area contributed by atoms with Gasteiger partial charge in [0.15, 0.2) is 0 Å². The van der Waals surface area contributed by atoms with Gasteiger partial charge in [0.1, 0.15) is 0 Å². The molecule has 0 fully saturated rings. The summed E-state index contributed by atoms with van der Waals surface area (Å²) in [5.41, 5.74) is 5.35. The summed E-state index contributed by atoms with van der Waals surface area (Å²) in [4.78, 5) is 3.95. The first-order valence-electron chi connectivity index (χ1n) is 3.56. The van der Waals surface area contributed by atoms with Crippen molar-refractivity contribution in [3.05, 3.63) is 0 Å². The van der Waals surface area contributed by atoms with Crippen LogP contribution in [0.1, 0.15) is 6.92 Å². The smallest absolute Gasteiger partial charge is 0.216 e. The standard InChI is InChI=1S/C6H12N4OS/c1-4(3-11-2)12-6-8-5(7)9-10-6/h4H,3H2,1-2H3,(H3,7,8,9,10). The summed E-state index contributed by atoms with van der Waals surface area (Å²) in [6.45, 7) is 2.72. The summed E-state index contributed by atoms with van der Waals surface area (Å²) in [6.07, 6.45) is 0. The van der Waals surface area contributed by atoms with Gasteiger partial charge in [-0.3, -0.25) is 0 Å². The maximum absolute atomic E-state index is 5.35. The first-order chi connectivity index (χ1) is 5.72. The quantitative estimate of drug-likeness (QED) is 0.673. The third-order valence-corrected chi connectivity index (χ3v) is 2.12. The van der Waals surface area contributed by atoms with Crippen LogP contribution < -0.4 is 5.73 Å². The number of hydrogen-bond donors (Lipinski definition) is 2. The minimum Gasteiger partial charge on any atom is -0.384 e. The lowest BCUT2D eigenvalue weighted by Crippen LogP contribution is -2.05. The van der Waals surface area contributed by atoms with E-state index in [0.717, 1.165) is 0 Å². The second-order valence-electron chi connectivity index (χ2n) is 2.39. The van der Waals surface area contributed by atoms with Gasteiger partial charge in [0.25, 0.3) is 0 Å². The summed E-state index contributed by atoms with van der Waals surface area (Å²) in [5.74, 6) is 0.349. The number of nitrogens with one attached hydrogen (secondary N) is 1. The molecule has 0 aliphatic carbocycles. The van der Waals surface area contributed by atoms with Gasteiger partial charge in [-0.1, -0.05) is 18.7 Å². The molecule has 1 aromatic rings. The normalized spacial score (nSPS) is 13.2. The SMILES string of the molecule is COCC(C)Sc1n[nH]c(N)n1. The summed E-state index contributed by atoms with van der Waals surface area (Å²) in [7, 11) is 1.67. The molecule has 0 amide bonds. The number of rotatable bonds is 4. The van der Waals surface area contributed by atoms with Crippen LogP contribution in [-0.2, 0) is 4.74 Å². The average Bonchev–Trinajstić information content (AvgIpc) is 2.36. The van der Waals surface area contributed by atoms with Gasteiger partial charge in [-0.2, -0.15) is 4.98 Å². The van der Waals surface area contributed by atoms with Crippen LogP contribution in [0.5, 0.6) is 0 Å². The van der Waals surface area contributed by atoms with Gasteiger partial charge < -0.3 is 10.5 Å². The molecule has 1 unspecified atom stereocenters. The van der Waals surface area contributed by atoms with Gasteiger partial charge in [0, 0.05) is 12.4 Å². The van der Waals surface area contributed by atoms with Crippen LogP contribution >= 0.6 is 11.8 Å². The summed E-state index contributed by atoms with van der Waals surface area (Å²) in [6, 6.07) is 0. The van der Waals surface area contributed by atoms with Crippen molar-refractivity contribution in [3.63, 3.8) is 0 Å². The van der Waals surface area contributed by atoms with Crippen molar-refractivity contribution in [1.82, 2.24) is 15.2 Å². The van der Waals surface area contributed by atoms with Crippen molar-refractivity contribution in [1.29, 1.82) is 0 Å². The Morgan fingerprint density at radius 1 is 1.75 bits per heavy atom. The Morgan fingerprint density at radius 3 is 3.00 bits per heavy atom. The molecule has 1 heterocycles. The van der Waals surface area contributed by atoms with E-state index in [2.05, 4.69) is 15.2 Å². The number of ether oxygens (including phenoxy) is 1. The maximum Gasteiger partial charge on any atom is 0.216 e. The topological polar surface area (TPSA) is 76.8 Å². The summed E-state index contributed by atoms with van der Waals surface area (Å²) in [5, 5.41) is 7.46. The van der Waals surface area contributed by atoms with Crippen molar-refractivity contribution in [2.75, 3.05) is 19.5 Å². The van der Waals surface area contributed by atoms with E-state index in [4.69, 9.17) is 10.5 Å². The molecule has 1 aromatic heterocycles. The molecular formula is C6H12N4OS. The minimum absolute atomic E-state index is 0.338. The number of aromatic nitrogens is 3. The Bertz CT molecular complexity index is 239. The molecule has 0 aliphatic heterocycles. The molecule has 0 saturated carbocycles. The molecule has 0 bridgehead atoms. The van der Waals surface area contributed by atoms with Crippen LogP contribution in [0.4, 0.5) is 5.95 Å². The van der Waals surface area contributed by atoms with E-state index in [1.54, 1.807) is 7.11 Å². The highest BCUT2D eigenvalue weighted by Crippen LogP contribution is 2.18. The molecule has 5 nitrogen and oxygen atoms in total. The van der Waals surface area contributed by atoms with E-state index >= 15 is 0 Å². The van der Waals surface area contributed by atoms with Crippen molar-refractivity contribution in [2.45, 2.75) is 17.3 Å². The van der Waals surface area contributed by atoms with Gasteiger partial charge in [-0.05, 0) is 0 Å². The minimum atomic E-state index is 0.338. The largest absolute Gasteiger partial charge is 0.384 e. The van der Waals surface area contributed by atoms with Crippen molar-refractivity contribution >= 4 is 17.7 Å². The molecule has 0 aliphatic rings. The number of aromatic amines is 1. The van der Waals surface area contributed by atoms with E-state index in [1.165, 1.54) is 11.8 Å². The number of nitrogens with two attached hydrogens (primary N) is 1. The monoisotopic (exact) mass is 188 g/mol. The molecule has 0 aromatic carbocycles. The zero-order chi connectivity index (χ0) is 8.97. The second kappa shape index (κ2) is 4.32. The maximum atomic E-state index is 5.35. The van der Waals surface area contributed by atoms with E-state index < -0.39 is 0 Å². The van der Waals surface area contributed by atoms with Gasteiger partial charge in [0.05, 0.1) is 6.61 Å². The molecular weight excluding hydrogens is 176 g/mol. The molecule has 1 rings (SSSR count). The molecule has 0 spiro atoms. The predicted octanol–water partition coefficient (Wildman–Crippen LogP) is 0.514. The number of H-pyrrole nitrogens is 1. The average molecular weight is 188 g/mol.